The average Bonchev–Trinajstić information content (AvgIpc) is 2.71. The maximum atomic E-state index is 13.5. The lowest BCUT2D eigenvalue weighted by molar-refractivity contribution is -0.255. The fraction of sp³-hybridized carbons (Fsp3) is 0.400. The normalized spacial score (nSPS) is 14.0. The van der Waals surface area contributed by atoms with Crippen LogP contribution in [0.2, 0.25) is 0 Å². The molecule has 0 fully saturated rings. The smallest absolute Gasteiger partial charge is 0.382 e. The van der Waals surface area contributed by atoms with E-state index in [0.717, 1.165) is 18.3 Å². The SMILES string of the molecule is COC(C)(C)CNC(=O)c1nc(-c2cc(C(O)(C(N)=O)C(F)(F)F)ccc2C)cnc1N. The van der Waals surface area contributed by atoms with Crippen molar-refractivity contribution in [1.82, 2.24) is 15.3 Å². The van der Waals surface area contributed by atoms with Crippen LogP contribution in [-0.2, 0) is 15.1 Å². The number of benzene rings is 1. The lowest BCUT2D eigenvalue weighted by Crippen LogP contribution is -2.52. The van der Waals surface area contributed by atoms with Crippen LogP contribution in [0.1, 0.15) is 35.5 Å². The van der Waals surface area contributed by atoms with E-state index in [1.54, 1.807) is 20.8 Å². The number of methoxy groups -OCH3 is 1. The second-order valence-electron chi connectivity index (χ2n) is 7.74. The van der Waals surface area contributed by atoms with Gasteiger partial charge in [-0.15, -0.1) is 0 Å². The molecule has 1 aromatic carbocycles. The van der Waals surface area contributed by atoms with Crippen molar-refractivity contribution < 1.29 is 32.6 Å². The van der Waals surface area contributed by atoms with E-state index in [9.17, 15) is 27.9 Å². The first-order chi connectivity index (χ1) is 14.6. The van der Waals surface area contributed by atoms with Crippen LogP contribution in [0.3, 0.4) is 0 Å². The van der Waals surface area contributed by atoms with Gasteiger partial charge in [-0.2, -0.15) is 13.2 Å². The van der Waals surface area contributed by atoms with Gasteiger partial charge in [-0.25, -0.2) is 9.97 Å². The molecule has 2 aromatic rings. The van der Waals surface area contributed by atoms with Crippen LogP contribution in [0.5, 0.6) is 0 Å². The van der Waals surface area contributed by atoms with Crippen LogP contribution in [0.4, 0.5) is 19.0 Å². The van der Waals surface area contributed by atoms with Gasteiger partial charge in [0.1, 0.15) is 0 Å². The second-order valence-corrected chi connectivity index (χ2v) is 7.74. The number of aliphatic hydroxyl groups is 1. The standard InChI is InChI=1S/C20H24F3N5O4/c1-10-5-6-11(19(31,17(25)30)20(21,22)23)7-12(10)13-8-26-15(24)14(28-13)16(29)27-9-18(2,3)32-4/h5-8,31H,9H2,1-4H3,(H2,24,26)(H2,25,30)(H,27,29). The van der Waals surface area contributed by atoms with Crippen LogP contribution < -0.4 is 16.8 Å². The minimum absolute atomic E-state index is 0.00342. The highest BCUT2D eigenvalue weighted by molar-refractivity contribution is 5.97. The van der Waals surface area contributed by atoms with Crippen molar-refractivity contribution in [1.29, 1.82) is 0 Å². The molecule has 2 amide bonds. The number of aryl methyl sites for hydroxylation is 1. The van der Waals surface area contributed by atoms with E-state index in [1.807, 2.05) is 0 Å². The van der Waals surface area contributed by atoms with Gasteiger partial charge in [-0.3, -0.25) is 9.59 Å². The number of hydrogen-bond donors (Lipinski definition) is 4. The van der Waals surface area contributed by atoms with Crippen molar-refractivity contribution in [3.05, 3.63) is 41.2 Å². The van der Waals surface area contributed by atoms with Gasteiger partial charge in [0.25, 0.3) is 17.4 Å². The zero-order valence-corrected chi connectivity index (χ0v) is 17.9. The predicted octanol–water partition coefficient (Wildman–Crippen LogP) is 1.42. The molecule has 2 rings (SSSR count). The van der Waals surface area contributed by atoms with Gasteiger partial charge in [0, 0.05) is 24.8 Å². The monoisotopic (exact) mass is 455 g/mol. The van der Waals surface area contributed by atoms with Gasteiger partial charge in [-0.05, 0) is 32.4 Å². The minimum atomic E-state index is -5.36. The van der Waals surface area contributed by atoms with Gasteiger partial charge in [-0.1, -0.05) is 12.1 Å². The Morgan fingerprint density at radius 1 is 1.25 bits per heavy atom. The molecule has 0 aliphatic rings. The first kappa shape index (κ1) is 25.0. The lowest BCUT2D eigenvalue weighted by atomic mass is 9.89. The van der Waals surface area contributed by atoms with E-state index in [-0.39, 0.29) is 29.3 Å². The van der Waals surface area contributed by atoms with Gasteiger partial charge >= 0.3 is 6.18 Å². The summed E-state index contributed by atoms with van der Waals surface area (Å²) in [5, 5.41) is 12.7. The van der Waals surface area contributed by atoms with E-state index >= 15 is 0 Å². The number of amides is 2. The molecule has 32 heavy (non-hydrogen) atoms. The van der Waals surface area contributed by atoms with E-state index in [1.165, 1.54) is 13.2 Å². The lowest BCUT2D eigenvalue weighted by Gasteiger charge is -2.28. The molecule has 1 heterocycles. The highest BCUT2D eigenvalue weighted by Gasteiger charge is 2.60. The number of ether oxygens (including phenoxy) is 1. The quantitative estimate of drug-likeness (QED) is 0.492. The molecule has 6 N–H and O–H groups in total. The molecule has 1 aromatic heterocycles. The Morgan fingerprint density at radius 3 is 2.41 bits per heavy atom. The number of nitrogens with two attached hydrogens (primary N) is 2. The van der Waals surface area contributed by atoms with E-state index < -0.39 is 34.8 Å². The summed E-state index contributed by atoms with van der Waals surface area (Å²) in [4.78, 5) is 32.1. The maximum absolute atomic E-state index is 13.5. The topological polar surface area (TPSA) is 153 Å². The Morgan fingerprint density at radius 2 is 1.88 bits per heavy atom. The minimum Gasteiger partial charge on any atom is -0.382 e. The summed E-state index contributed by atoms with van der Waals surface area (Å²) in [6.07, 6.45) is -4.20. The molecular formula is C20H24F3N5O4. The molecule has 9 nitrogen and oxygen atoms in total. The van der Waals surface area contributed by atoms with Crippen molar-refractivity contribution in [2.24, 2.45) is 5.73 Å². The van der Waals surface area contributed by atoms with E-state index in [2.05, 4.69) is 15.3 Å². The Bertz CT molecular complexity index is 1040. The van der Waals surface area contributed by atoms with Gasteiger partial charge in [0.05, 0.1) is 17.5 Å². The van der Waals surface area contributed by atoms with Crippen molar-refractivity contribution in [2.75, 3.05) is 19.4 Å². The van der Waals surface area contributed by atoms with E-state index in [4.69, 9.17) is 16.2 Å². The van der Waals surface area contributed by atoms with Crippen LogP contribution in [0.25, 0.3) is 11.3 Å². The summed E-state index contributed by atoms with van der Waals surface area (Å²) in [5.74, 6) is -2.84. The largest absolute Gasteiger partial charge is 0.430 e. The number of carbonyl (C=O) groups excluding carboxylic acids is 2. The highest BCUT2D eigenvalue weighted by Crippen LogP contribution is 2.40. The zero-order valence-electron chi connectivity index (χ0n) is 17.9. The summed E-state index contributed by atoms with van der Waals surface area (Å²) in [7, 11) is 1.48. The fourth-order valence-corrected chi connectivity index (χ4v) is 2.71. The summed E-state index contributed by atoms with van der Waals surface area (Å²) in [6, 6.07) is 3.11. The summed E-state index contributed by atoms with van der Waals surface area (Å²) in [5.41, 5.74) is 5.52. The Kier molecular flexibility index (Phi) is 6.81. The Hall–Kier alpha value is -3.25. The number of carbonyl (C=O) groups is 2. The van der Waals surface area contributed by atoms with Gasteiger partial charge < -0.3 is 26.6 Å². The molecule has 1 atom stereocenters. The fourth-order valence-electron chi connectivity index (χ4n) is 2.71. The molecule has 12 heteroatoms. The average molecular weight is 455 g/mol. The molecule has 0 saturated heterocycles. The third-order valence-electron chi connectivity index (χ3n) is 4.94. The third kappa shape index (κ3) is 4.81. The van der Waals surface area contributed by atoms with Crippen molar-refractivity contribution in [2.45, 2.75) is 38.1 Å². The number of nitrogens with one attached hydrogen (secondary N) is 1. The highest BCUT2D eigenvalue weighted by atomic mass is 19.4. The number of primary amides is 1. The molecule has 0 bridgehead atoms. The van der Waals surface area contributed by atoms with Crippen LogP contribution in [-0.4, -0.2) is 52.3 Å². The Labute approximate surface area is 182 Å². The van der Waals surface area contributed by atoms with Crippen molar-refractivity contribution in [3.8, 4) is 11.3 Å². The predicted molar refractivity (Wildman–Crippen MR) is 109 cm³/mol. The Balaban J connectivity index is 2.53. The summed E-state index contributed by atoms with van der Waals surface area (Å²) in [6.45, 7) is 5.18. The number of halogens is 3. The molecule has 0 aliphatic heterocycles. The molecule has 0 saturated carbocycles. The van der Waals surface area contributed by atoms with Gasteiger partial charge in [0.15, 0.2) is 11.5 Å². The van der Waals surface area contributed by atoms with E-state index in [0.29, 0.717) is 5.56 Å². The van der Waals surface area contributed by atoms with Crippen molar-refractivity contribution in [3.63, 3.8) is 0 Å². The van der Waals surface area contributed by atoms with Gasteiger partial charge in [0.2, 0.25) is 0 Å². The number of nitrogens with zero attached hydrogens (tertiary/aromatic N) is 2. The van der Waals surface area contributed by atoms with Crippen LogP contribution >= 0.6 is 0 Å². The number of nitrogen functional groups attached to an aromatic ring is 1. The summed E-state index contributed by atoms with van der Waals surface area (Å²) >= 11 is 0. The first-order valence-corrected chi connectivity index (χ1v) is 9.30. The molecule has 0 aliphatic carbocycles. The number of alkyl halides is 3. The summed E-state index contributed by atoms with van der Waals surface area (Å²) < 4.78 is 45.6. The second kappa shape index (κ2) is 8.71. The zero-order chi connectivity index (χ0) is 24.5. The van der Waals surface area contributed by atoms with Crippen LogP contribution in [0, 0.1) is 6.92 Å². The third-order valence-corrected chi connectivity index (χ3v) is 4.94. The maximum Gasteiger partial charge on any atom is 0.430 e. The number of anilines is 1. The number of hydrogen-bond acceptors (Lipinski definition) is 7. The molecule has 0 radical (unpaired) electrons. The molecule has 0 spiro atoms. The molecule has 174 valence electrons. The molecule has 1 unspecified atom stereocenters. The number of rotatable bonds is 7. The number of aromatic nitrogens is 2. The van der Waals surface area contributed by atoms with Crippen molar-refractivity contribution >= 4 is 17.6 Å². The van der Waals surface area contributed by atoms with Crippen LogP contribution in [0.15, 0.2) is 24.4 Å². The molecular weight excluding hydrogens is 431 g/mol. The first-order valence-electron chi connectivity index (χ1n) is 9.30.